The van der Waals surface area contributed by atoms with E-state index in [9.17, 15) is 18.3 Å². The lowest BCUT2D eigenvalue weighted by molar-refractivity contribution is -0.138. The van der Waals surface area contributed by atoms with Gasteiger partial charge in [0.25, 0.3) is 0 Å². The molecule has 6 nitrogen and oxygen atoms in total. The number of carboxylic acid groups (broad SMARTS) is 1. The minimum absolute atomic E-state index is 0.0551. The minimum Gasteiger partial charge on any atom is -0.494 e. The Hall–Kier alpha value is -3.39. The van der Waals surface area contributed by atoms with Crippen LogP contribution in [0.1, 0.15) is 59.1 Å². The Bertz CT molecular complexity index is 1490. The van der Waals surface area contributed by atoms with Gasteiger partial charge in [-0.3, -0.25) is 4.79 Å². The number of carboxylic acids is 1. The molecular weight excluding hydrogens is 519 g/mol. The van der Waals surface area contributed by atoms with Crippen LogP contribution in [0.15, 0.2) is 48.5 Å². The summed E-state index contributed by atoms with van der Waals surface area (Å²) >= 11 is 0. The van der Waals surface area contributed by atoms with Crippen LogP contribution in [0.5, 0.6) is 11.5 Å². The van der Waals surface area contributed by atoms with Gasteiger partial charge < -0.3 is 14.6 Å². The third-order valence-corrected chi connectivity index (χ3v) is 8.71. The smallest absolute Gasteiger partial charge is 0.307 e. The molecule has 5 rings (SSSR count). The normalized spacial score (nSPS) is 19.9. The summed E-state index contributed by atoms with van der Waals surface area (Å²) in [5.41, 5.74) is 6.56. The van der Waals surface area contributed by atoms with Gasteiger partial charge in [0.2, 0.25) is 0 Å². The van der Waals surface area contributed by atoms with Gasteiger partial charge in [-0.15, -0.1) is 0 Å². The van der Waals surface area contributed by atoms with Crippen molar-refractivity contribution >= 4 is 15.8 Å². The Morgan fingerprint density at radius 1 is 1.05 bits per heavy atom. The summed E-state index contributed by atoms with van der Waals surface area (Å²) in [6.45, 7) is 4.32. The summed E-state index contributed by atoms with van der Waals surface area (Å²) in [5.74, 6) is 0.120. The van der Waals surface area contributed by atoms with Crippen molar-refractivity contribution in [2.75, 3.05) is 18.6 Å². The Labute approximate surface area is 228 Å². The van der Waals surface area contributed by atoms with Crippen molar-refractivity contribution in [3.8, 4) is 22.6 Å². The first-order valence-electron chi connectivity index (χ1n) is 13.2. The zero-order chi connectivity index (χ0) is 27.9. The molecule has 0 aromatic heterocycles. The molecule has 0 amide bonds. The van der Waals surface area contributed by atoms with Gasteiger partial charge in [0.15, 0.2) is 0 Å². The maximum atomic E-state index is 15.2. The van der Waals surface area contributed by atoms with Crippen LogP contribution in [-0.2, 0) is 21.1 Å². The van der Waals surface area contributed by atoms with Crippen LogP contribution in [0, 0.1) is 25.6 Å². The number of aliphatic carboxylic acids is 1. The van der Waals surface area contributed by atoms with Crippen LogP contribution in [0.3, 0.4) is 0 Å². The predicted molar refractivity (Wildman–Crippen MR) is 148 cm³/mol. The number of ether oxygens (including phenoxy) is 2. The van der Waals surface area contributed by atoms with E-state index in [-0.39, 0.29) is 23.4 Å². The van der Waals surface area contributed by atoms with Crippen LogP contribution in [-0.4, -0.2) is 38.1 Å². The molecule has 0 saturated heterocycles. The second kappa shape index (κ2) is 10.6. The maximum Gasteiger partial charge on any atom is 0.307 e. The highest BCUT2D eigenvalue weighted by Gasteiger charge is 2.44. The lowest BCUT2D eigenvalue weighted by Gasteiger charge is -2.19. The zero-order valence-electron chi connectivity index (χ0n) is 22.4. The largest absolute Gasteiger partial charge is 0.494 e. The molecule has 39 heavy (non-hydrogen) atoms. The molecule has 8 heteroatoms. The molecule has 2 aliphatic rings. The summed E-state index contributed by atoms with van der Waals surface area (Å²) in [6, 6.07) is 14.7. The second-order valence-electron chi connectivity index (χ2n) is 10.8. The van der Waals surface area contributed by atoms with Gasteiger partial charge in [0.05, 0.1) is 18.3 Å². The van der Waals surface area contributed by atoms with Crippen LogP contribution >= 0.6 is 0 Å². The van der Waals surface area contributed by atoms with Gasteiger partial charge in [-0.25, -0.2) is 12.8 Å². The number of fused-ring (bicyclic) bond motifs is 1. The summed E-state index contributed by atoms with van der Waals surface area (Å²) in [5, 5.41) is 9.18. The number of carbonyl (C=O) groups is 1. The number of halogens is 1. The van der Waals surface area contributed by atoms with Gasteiger partial charge in [-0.05, 0) is 109 Å². The number of hydrogen-bond donors (Lipinski definition) is 1. The molecule has 3 atom stereocenters. The van der Waals surface area contributed by atoms with E-state index in [1.165, 1.54) is 12.3 Å². The average Bonchev–Trinajstić information content (AvgIpc) is 3.57. The van der Waals surface area contributed by atoms with E-state index in [1.54, 1.807) is 0 Å². The molecule has 1 unspecified atom stereocenters. The monoisotopic (exact) mass is 552 g/mol. The van der Waals surface area contributed by atoms with Crippen molar-refractivity contribution in [3.63, 3.8) is 0 Å². The van der Waals surface area contributed by atoms with Gasteiger partial charge >= 0.3 is 5.97 Å². The molecule has 3 aromatic carbocycles. The lowest BCUT2D eigenvalue weighted by Crippen LogP contribution is -2.08. The van der Waals surface area contributed by atoms with E-state index in [2.05, 4.69) is 0 Å². The third kappa shape index (κ3) is 5.96. The predicted octanol–water partition coefficient (Wildman–Crippen LogP) is 6.18. The van der Waals surface area contributed by atoms with Gasteiger partial charge in [0, 0.05) is 11.8 Å². The SMILES string of the molecule is Cc1cc(OCCCS(C)(=O)=O)cc(C)c1-c1ccc(F)c2c1CCC2Oc1ccc([C@H]2C[C@@H]2C(=O)O)cc1. The molecule has 1 N–H and O–H groups in total. The highest BCUT2D eigenvalue weighted by molar-refractivity contribution is 7.90. The van der Waals surface area contributed by atoms with Crippen LogP contribution in [0.2, 0.25) is 0 Å². The van der Waals surface area contributed by atoms with E-state index in [1.807, 2.05) is 56.3 Å². The molecule has 3 aromatic rings. The Morgan fingerprint density at radius 2 is 1.74 bits per heavy atom. The summed E-state index contributed by atoms with van der Waals surface area (Å²) < 4.78 is 49.9. The molecule has 0 aliphatic heterocycles. The number of hydrogen-bond acceptors (Lipinski definition) is 5. The van der Waals surface area contributed by atoms with Crippen LogP contribution in [0.25, 0.3) is 11.1 Å². The molecule has 1 fully saturated rings. The Balaban J connectivity index is 1.33. The highest BCUT2D eigenvalue weighted by Crippen LogP contribution is 2.48. The molecule has 0 spiro atoms. The van der Waals surface area contributed by atoms with E-state index < -0.39 is 21.9 Å². The summed E-state index contributed by atoms with van der Waals surface area (Å²) in [4.78, 5) is 11.2. The van der Waals surface area contributed by atoms with Gasteiger partial charge in [0.1, 0.15) is 33.3 Å². The first-order valence-corrected chi connectivity index (χ1v) is 15.3. The van der Waals surface area contributed by atoms with Crippen LogP contribution in [0.4, 0.5) is 4.39 Å². The molecule has 0 heterocycles. The number of rotatable bonds is 10. The lowest BCUT2D eigenvalue weighted by atomic mass is 9.90. The van der Waals surface area contributed by atoms with Crippen LogP contribution < -0.4 is 9.47 Å². The number of aryl methyl sites for hydroxylation is 2. The van der Waals surface area contributed by atoms with Crippen molar-refractivity contribution in [3.05, 3.63) is 82.2 Å². The summed E-state index contributed by atoms with van der Waals surface area (Å²) in [7, 11) is -3.02. The maximum absolute atomic E-state index is 15.2. The standard InChI is InChI=1S/C31H33FO6S/c1-18-15-22(37-13-4-14-39(3,35)36)16-19(2)29(18)23-9-11-27(32)30-24(23)10-12-28(30)38-21-7-5-20(6-8-21)25-17-26(25)31(33)34/h5-9,11,15-16,25-26,28H,4,10,12-14,17H2,1-3H3,(H,33,34)/t25-,26+,28?/m1/s1. The molecule has 1 saturated carbocycles. The fourth-order valence-electron chi connectivity index (χ4n) is 5.76. The second-order valence-corrected chi connectivity index (χ2v) is 13.0. The minimum atomic E-state index is -3.02. The topological polar surface area (TPSA) is 89.9 Å². The van der Waals surface area contributed by atoms with Gasteiger partial charge in [-0.1, -0.05) is 18.2 Å². The first-order chi connectivity index (χ1) is 18.5. The third-order valence-electron chi connectivity index (χ3n) is 7.68. The van der Waals surface area contributed by atoms with Crippen molar-refractivity contribution in [1.29, 1.82) is 0 Å². The fourth-order valence-corrected chi connectivity index (χ4v) is 6.40. The Kier molecular flexibility index (Phi) is 7.42. The average molecular weight is 553 g/mol. The molecule has 206 valence electrons. The van der Waals surface area contributed by atoms with E-state index in [0.29, 0.717) is 49.4 Å². The molecular formula is C31H33FO6S. The number of sulfone groups is 1. The Morgan fingerprint density at radius 3 is 2.36 bits per heavy atom. The molecule has 2 aliphatic carbocycles. The number of benzene rings is 3. The van der Waals surface area contributed by atoms with Crippen molar-refractivity contribution < 1.29 is 32.2 Å². The van der Waals surface area contributed by atoms with Crippen molar-refractivity contribution in [2.45, 2.75) is 51.6 Å². The van der Waals surface area contributed by atoms with E-state index in [4.69, 9.17) is 9.47 Å². The molecule has 0 bridgehead atoms. The fraction of sp³-hybridized carbons (Fsp3) is 0.387. The molecule has 0 radical (unpaired) electrons. The quantitative estimate of drug-likeness (QED) is 0.302. The first kappa shape index (κ1) is 27.2. The van der Waals surface area contributed by atoms with Crippen molar-refractivity contribution in [2.24, 2.45) is 5.92 Å². The van der Waals surface area contributed by atoms with Crippen molar-refractivity contribution in [1.82, 2.24) is 0 Å². The summed E-state index contributed by atoms with van der Waals surface area (Å²) in [6.07, 6.45) is 3.25. The van der Waals surface area contributed by atoms with E-state index >= 15 is 4.39 Å². The zero-order valence-corrected chi connectivity index (χ0v) is 23.2. The van der Waals surface area contributed by atoms with E-state index in [0.717, 1.165) is 33.4 Å². The highest BCUT2D eigenvalue weighted by atomic mass is 32.2. The van der Waals surface area contributed by atoms with Gasteiger partial charge in [-0.2, -0.15) is 0 Å².